The van der Waals surface area contributed by atoms with Gasteiger partial charge >= 0.3 is 0 Å². The van der Waals surface area contributed by atoms with E-state index < -0.39 is 0 Å². The molecular formula is C20H33Cl2N3O. The zero-order valence-electron chi connectivity index (χ0n) is 16.1. The van der Waals surface area contributed by atoms with Gasteiger partial charge in [-0.25, -0.2) is 0 Å². The topological polar surface area (TPSA) is 35.6 Å². The molecule has 0 spiro atoms. The Kier molecular flexibility index (Phi) is 9.22. The van der Waals surface area contributed by atoms with Crippen LogP contribution in [0.25, 0.3) is 0 Å². The summed E-state index contributed by atoms with van der Waals surface area (Å²) in [6, 6.07) is 8.70. The van der Waals surface area contributed by atoms with Gasteiger partial charge in [-0.3, -0.25) is 4.79 Å². The number of carbonyl (C=O) groups excluding carboxylic acids is 1. The van der Waals surface area contributed by atoms with Crippen molar-refractivity contribution < 1.29 is 4.79 Å². The third-order valence-electron chi connectivity index (χ3n) is 5.77. The number of nitrogens with zero attached hydrogens (tertiary/aromatic N) is 2. The lowest BCUT2D eigenvalue weighted by Crippen LogP contribution is -2.43. The Morgan fingerprint density at radius 3 is 2.73 bits per heavy atom. The molecule has 3 atom stereocenters. The molecule has 1 N–H and O–H groups in total. The van der Waals surface area contributed by atoms with Crippen LogP contribution in [0.1, 0.15) is 38.7 Å². The van der Waals surface area contributed by atoms with E-state index in [9.17, 15) is 4.79 Å². The second-order valence-corrected chi connectivity index (χ2v) is 7.67. The standard InChI is InChI=1S/C20H31N3O.2ClH/c1-15(17-8-6-10-21-12-17)11-20(24)23-14-18-7-4-5-9-19(18)22(3)13-16(23)2;;/h4-5,7,9,15-17,21H,6,8,10-14H2,1-3H3;2*1H. The first kappa shape index (κ1) is 23.1. The number of nitrogens with one attached hydrogen (secondary N) is 1. The van der Waals surface area contributed by atoms with Gasteiger partial charge in [-0.2, -0.15) is 0 Å². The molecular weight excluding hydrogens is 369 g/mol. The number of likely N-dealkylation sites (N-methyl/N-ethyl adjacent to an activating group) is 1. The first-order chi connectivity index (χ1) is 11.6. The molecule has 0 saturated carbocycles. The van der Waals surface area contributed by atoms with E-state index in [1.54, 1.807) is 0 Å². The number of rotatable bonds is 3. The molecule has 2 heterocycles. The highest BCUT2D eigenvalue weighted by atomic mass is 35.5. The number of amides is 1. The van der Waals surface area contributed by atoms with Crippen molar-refractivity contribution in [3.05, 3.63) is 29.8 Å². The molecule has 1 fully saturated rings. The van der Waals surface area contributed by atoms with E-state index in [1.165, 1.54) is 24.1 Å². The number of hydrogen-bond acceptors (Lipinski definition) is 3. The minimum Gasteiger partial charge on any atom is -0.372 e. The third kappa shape index (κ3) is 5.28. The molecule has 4 nitrogen and oxygen atoms in total. The first-order valence-electron chi connectivity index (χ1n) is 9.35. The monoisotopic (exact) mass is 401 g/mol. The van der Waals surface area contributed by atoms with Gasteiger partial charge in [0.25, 0.3) is 0 Å². The van der Waals surface area contributed by atoms with Crippen molar-refractivity contribution >= 4 is 36.4 Å². The van der Waals surface area contributed by atoms with Gasteiger partial charge in [-0.05, 0) is 56.3 Å². The molecule has 26 heavy (non-hydrogen) atoms. The van der Waals surface area contributed by atoms with Crippen LogP contribution in [0.15, 0.2) is 24.3 Å². The van der Waals surface area contributed by atoms with Crippen molar-refractivity contribution in [2.24, 2.45) is 11.8 Å². The highest BCUT2D eigenvalue weighted by molar-refractivity contribution is 5.85. The Balaban J connectivity index is 0.00000169. The number of hydrogen-bond donors (Lipinski definition) is 1. The summed E-state index contributed by atoms with van der Waals surface area (Å²) < 4.78 is 0. The second-order valence-electron chi connectivity index (χ2n) is 7.67. The lowest BCUT2D eigenvalue weighted by Gasteiger charge is -2.32. The van der Waals surface area contributed by atoms with E-state index in [1.807, 2.05) is 0 Å². The number of carbonyl (C=O) groups is 1. The van der Waals surface area contributed by atoms with Crippen molar-refractivity contribution in [2.75, 3.05) is 31.6 Å². The Hall–Kier alpha value is -0.970. The van der Waals surface area contributed by atoms with Gasteiger partial charge in [-0.1, -0.05) is 25.1 Å². The summed E-state index contributed by atoms with van der Waals surface area (Å²) in [4.78, 5) is 17.4. The van der Waals surface area contributed by atoms with Crippen molar-refractivity contribution in [1.82, 2.24) is 10.2 Å². The molecule has 148 valence electrons. The van der Waals surface area contributed by atoms with E-state index in [4.69, 9.17) is 0 Å². The average molecular weight is 402 g/mol. The maximum absolute atomic E-state index is 13.0. The summed E-state index contributed by atoms with van der Waals surface area (Å²) in [6.45, 7) is 8.24. The van der Waals surface area contributed by atoms with Crippen LogP contribution in [0.3, 0.4) is 0 Å². The lowest BCUT2D eigenvalue weighted by molar-refractivity contribution is -0.135. The lowest BCUT2D eigenvalue weighted by atomic mass is 9.85. The zero-order chi connectivity index (χ0) is 17.1. The van der Waals surface area contributed by atoms with Crippen LogP contribution in [-0.2, 0) is 11.3 Å². The van der Waals surface area contributed by atoms with Gasteiger partial charge in [-0.15, -0.1) is 24.8 Å². The van der Waals surface area contributed by atoms with Crippen molar-refractivity contribution in [2.45, 2.75) is 45.7 Å². The molecule has 0 bridgehead atoms. The smallest absolute Gasteiger partial charge is 0.223 e. The summed E-state index contributed by atoms with van der Waals surface area (Å²) in [6.07, 6.45) is 3.16. The van der Waals surface area contributed by atoms with E-state index >= 15 is 0 Å². The summed E-state index contributed by atoms with van der Waals surface area (Å²) in [7, 11) is 2.12. The molecule has 1 aromatic rings. The van der Waals surface area contributed by atoms with Gasteiger partial charge in [0.1, 0.15) is 0 Å². The minimum atomic E-state index is 0. The Bertz CT molecular complexity index is 578. The van der Waals surface area contributed by atoms with Gasteiger partial charge in [0.15, 0.2) is 0 Å². The van der Waals surface area contributed by atoms with E-state index in [2.05, 4.69) is 60.3 Å². The fraction of sp³-hybridized carbons (Fsp3) is 0.650. The first-order valence-corrected chi connectivity index (χ1v) is 9.35. The average Bonchev–Trinajstić information content (AvgIpc) is 2.72. The summed E-state index contributed by atoms with van der Waals surface area (Å²) in [5.41, 5.74) is 2.51. The van der Waals surface area contributed by atoms with Crippen LogP contribution >= 0.6 is 24.8 Å². The summed E-state index contributed by atoms with van der Waals surface area (Å²) >= 11 is 0. The SMILES string of the molecule is CC(CC(=O)N1Cc2ccccc2N(C)CC1C)C1CCCNC1.Cl.Cl. The zero-order valence-corrected chi connectivity index (χ0v) is 17.7. The van der Waals surface area contributed by atoms with Crippen LogP contribution in [0.4, 0.5) is 5.69 Å². The predicted molar refractivity (Wildman–Crippen MR) is 114 cm³/mol. The van der Waals surface area contributed by atoms with Crippen LogP contribution in [0.5, 0.6) is 0 Å². The highest BCUT2D eigenvalue weighted by Gasteiger charge is 2.29. The molecule has 2 aliphatic heterocycles. The predicted octanol–water partition coefficient (Wildman–Crippen LogP) is 3.72. The maximum Gasteiger partial charge on any atom is 0.223 e. The molecule has 0 aromatic heterocycles. The largest absolute Gasteiger partial charge is 0.372 e. The molecule has 6 heteroatoms. The molecule has 0 radical (unpaired) electrons. The van der Waals surface area contributed by atoms with Gasteiger partial charge in [0.05, 0.1) is 0 Å². The molecule has 3 unspecified atom stereocenters. The fourth-order valence-corrected chi connectivity index (χ4v) is 4.21. The number of halogens is 2. The minimum absolute atomic E-state index is 0. The van der Waals surface area contributed by atoms with Crippen molar-refractivity contribution in [3.63, 3.8) is 0 Å². The quantitative estimate of drug-likeness (QED) is 0.837. The van der Waals surface area contributed by atoms with Crippen molar-refractivity contribution in [3.8, 4) is 0 Å². The number of para-hydroxylation sites is 1. The van der Waals surface area contributed by atoms with E-state index in [-0.39, 0.29) is 30.9 Å². The molecule has 1 aromatic carbocycles. The number of anilines is 1. The number of fused-ring (bicyclic) bond motifs is 1. The van der Waals surface area contributed by atoms with E-state index in [0.717, 1.165) is 26.2 Å². The number of benzene rings is 1. The Morgan fingerprint density at radius 1 is 1.31 bits per heavy atom. The summed E-state index contributed by atoms with van der Waals surface area (Å²) in [5, 5.41) is 3.47. The maximum atomic E-state index is 13.0. The number of piperidine rings is 1. The van der Waals surface area contributed by atoms with Crippen LogP contribution in [-0.4, -0.2) is 43.5 Å². The Labute approximate surface area is 170 Å². The van der Waals surface area contributed by atoms with Gasteiger partial charge < -0.3 is 15.1 Å². The molecule has 0 aliphatic carbocycles. The van der Waals surface area contributed by atoms with E-state index in [0.29, 0.717) is 24.2 Å². The van der Waals surface area contributed by atoms with Crippen LogP contribution in [0, 0.1) is 11.8 Å². The normalized spacial score (nSPS) is 23.8. The second kappa shape index (κ2) is 10.4. The van der Waals surface area contributed by atoms with Crippen molar-refractivity contribution in [1.29, 1.82) is 0 Å². The summed E-state index contributed by atoms with van der Waals surface area (Å²) in [5.74, 6) is 1.40. The third-order valence-corrected chi connectivity index (χ3v) is 5.77. The van der Waals surface area contributed by atoms with Crippen LogP contribution < -0.4 is 10.2 Å². The fourth-order valence-electron chi connectivity index (χ4n) is 4.21. The van der Waals surface area contributed by atoms with Gasteiger partial charge in [0, 0.05) is 38.3 Å². The molecule has 1 amide bonds. The van der Waals surface area contributed by atoms with Crippen LogP contribution in [0.2, 0.25) is 0 Å². The molecule has 3 rings (SSSR count). The molecule has 1 saturated heterocycles. The highest BCUT2D eigenvalue weighted by Crippen LogP contribution is 2.28. The Morgan fingerprint density at radius 2 is 2.04 bits per heavy atom. The molecule has 2 aliphatic rings. The van der Waals surface area contributed by atoms with Gasteiger partial charge in [0.2, 0.25) is 5.91 Å².